The minimum atomic E-state index is -4.22. The summed E-state index contributed by atoms with van der Waals surface area (Å²) in [5.74, 6) is -1.54. The van der Waals surface area contributed by atoms with Crippen molar-refractivity contribution < 1.29 is 27.9 Å². The fourth-order valence-corrected chi connectivity index (χ4v) is 1.58. The Kier molecular flexibility index (Phi) is 5.54. The van der Waals surface area contributed by atoms with Crippen molar-refractivity contribution in [3.05, 3.63) is 35.4 Å². The first kappa shape index (κ1) is 16.0. The van der Waals surface area contributed by atoms with Crippen LogP contribution in [0.2, 0.25) is 0 Å². The van der Waals surface area contributed by atoms with Crippen molar-refractivity contribution >= 4 is 11.9 Å². The molecule has 0 heterocycles. The summed E-state index contributed by atoms with van der Waals surface area (Å²) in [6, 6.07) is 5.85. The van der Waals surface area contributed by atoms with Crippen LogP contribution in [0.5, 0.6) is 0 Å². The van der Waals surface area contributed by atoms with E-state index in [0.29, 0.717) is 5.56 Å². The number of alkyl halides is 3. The van der Waals surface area contributed by atoms with Crippen LogP contribution in [0, 0.1) is 0 Å². The summed E-state index contributed by atoms with van der Waals surface area (Å²) >= 11 is 0. The average molecular weight is 289 g/mol. The molecule has 1 amide bonds. The van der Waals surface area contributed by atoms with Gasteiger partial charge in [-0.05, 0) is 24.1 Å². The maximum absolute atomic E-state index is 11.9. The Morgan fingerprint density at radius 2 is 1.95 bits per heavy atom. The Morgan fingerprint density at radius 3 is 2.55 bits per heavy atom. The van der Waals surface area contributed by atoms with E-state index in [1.807, 2.05) is 0 Å². The molecule has 0 unspecified atom stereocenters. The number of amides is 1. The van der Waals surface area contributed by atoms with E-state index in [-0.39, 0.29) is 24.9 Å². The van der Waals surface area contributed by atoms with E-state index in [9.17, 15) is 22.8 Å². The van der Waals surface area contributed by atoms with Crippen molar-refractivity contribution in [3.8, 4) is 0 Å². The molecular weight excluding hydrogens is 275 g/mol. The van der Waals surface area contributed by atoms with E-state index in [4.69, 9.17) is 5.11 Å². The molecule has 0 atom stereocenters. The predicted octanol–water partition coefficient (Wildman–Crippen LogP) is 2.39. The lowest BCUT2D eigenvalue weighted by atomic mass is 10.1. The van der Waals surface area contributed by atoms with Gasteiger partial charge >= 0.3 is 12.1 Å². The van der Waals surface area contributed by atoms with Gasteiger partial charge in [-0.25, -0.2) is 4.79 Å². The Morgan fingerprint density at radius 1 is 1.25 bits per heavy atom. The van der Waals surface area contributed by atoms with Gasteiger partial charge in [0.15, 0.2) is 0 Å². The summed E-state index contributed by atoms with van der Waals surface area (Å²) in [4.78, 5) is 22.2. The second-order valence-electron chi connectivity index (χ2n) is 4.25. The first-order chi connectivity index (χ1) is 9.28. The Labute approximate surface area is 113 Å². The second kappa shape index (κ2) is 6.93. The summed E-state index contributed by atoms with van der Waals surface area (Å²) in [5.41, 5.74) is 0.561. The number of rotatable bonds is 6. The molecule has 1 aromatic rings. The smallest absolute Gasteiger partial charge is 0.389 e. The van der Waals surface area contributed by atoms with E-state index in [0.717, 1.165) is 0 Å². The third-order valence-corrected chi connectivity index (χ3v) is 2.50. The second-order valence-corrected chi connectivity index (χ2v) is 4.25. The number of halogens is 3. The molecular formula is C13H14F3NO3. The van der Waals surface area contributed by atoms with Gasteiger partial charge in [0.25, 0.3) is 0 Å². The van der Waals surface area contributed by atoms with Crippen molar-refractivity contribution in [1.29, 1.82) is 0 Å². The Balaban J connectivity index is 2.39. The number of hydrogen-bond donors (Lipinski definition) is 2. The minimum absolute atomic E-state index is 0.0586. The van der Waals surface area contributed by atoms with Crippen LogP contribution in [0.4, 0.5) is 13.2 Å². The van der Waals surface area contributed by atoms with Gasteiger partial charge in [0, 0.05) is 13.0 Å². The standard InChI is InChI=1S/C13H14F3NO3/c14-13(15,16)5-2-6-17-11(18)8-9-3-1-4-10(7-9)12(19)20/h1,3-4,7H,2,5-6,8H2,(H,17,18)(H,19,20). The first-order valence-electron chi connectivity index (χ1n) is 5.93. The highest BCUT2D eigenvalue weighted by Gasteiger charge is 2.25. The molecule has 0 fully saturated rings. The number of carbonyl (C=O) groups excluding carboxylic acids is 1. The third-order valence-electron chi connectivity index (χ3n) is 2.50. The quantitative estimate of drug-likeness (QED) is 0.790. The molecule has 20 heavy (non-hydrogen) atoms. The summed E-state index contributed by atoms with van der Waals surface area (Å²) in [6.45, 7) is -0.0586. The fourth-order valence-electron chi connectivity index (χ4n) is 1.58. The summed E-state index contributed by atoms with van der Waals surface area (Å²) in [6.07, 6.45) is -5.40. The van der Waals surface area contributed by atoms with Gasteiger partial charge in [0.1, 0.15) is 0 Å². The zero-order valence-corrected chi connectivity index (χ0v) is 10.5. The molecule has 0 radical (unpaired) electrons. The van der Waals surface area contributed by atoms with E-state index in [1.165, 1.54) is 18.2 Å². The molecule has 1 rings (SSSR count). The van der Waals surface area contributed by atoms with Crippen molar-refractivity contribution in [3.63, 3.8) is 0 Å². The predicted molar refractivity (Wildman–Crippen MR) is 65.4 cm³/mol. The van der Waals surface area contributed by atoms with Gasteiger partial charge in [-0.1, -0.05) is 12.1 Å². The van der Waals surface area contributed by atoms with Gasteiger partial charge in [-0.2, -0.15) is 13.2 Å². The fraction of sp³-hybridized carbons (Fsp3) is 0.385. The van der Waals surface area contributed by atoms with Gasteiger partial charge in [0.2, 0.25) is 5.91 Å². The molecule has 1 aromatic carbocycles. The minimum Gasteiger partial charge on any atom is -0.478 e. The van der Waals surface area contributed by atoms with Gasteiger partial charge in [-0.3, -0.25) is 4.79 Å². The van der Waals surface area contributed by atoms with Crippen LogP contribution < -0.4 is 5.32 Å². The zero-order valence-electron chi connectivity index (χ0n) is 10.5. The van der Waals surface area contributed by atoms with Crippen LogP contribution in [0.3, 0.4) is 0 Å². The molecule has 0 aromatic heterocycles. The van der Waals surface area contributed by atoms with Crippen molar-refractivity contribution in [2.24, 2.45) is 0 Å². The molecule has 0 bridgehead atoms. The van der Waals surface area contributed by atoms with E-state index in [2.05, 4.69) is 5.32 Å². The number of carboxylic acids is 1. The monoisotopic (exact) mass is 289 g/mol. The van der Waals surface area contributed by atoms with Gasteiger partial charge in [-0.15, -0.1) is 0 Å². The molecule has 4 nitrogen and oxygen atoms in total. The van der Waals surface area contributed by atoms with E-state index < -0.39 is 24.5 Å². The number of hydrogen-bond acceptors (Lipinski definition) is 2. The highest BCUT2D eigenvalue weighted by atomic mass is 19.4. The zero-order chi connectivity index (χ0) is 15.2. The Bertz CT molecular complexity index is 486. The van der Waals surface area contributed by atoms with Crippen LogP contribution in [0.15, 0.2) is 24.3 Å². The van der Waals surface area contributed by atoms with Crippen molar-refractivity contribution in [2.75, 3.05) is 6.54 Å². The SMILES string of the molecule is O=C(Cc1cccc(C(=O)O)c1)NCCCC(F)(F)F. The maximum atomic E-state index is 11.9. The lowest BCUT2D eigenvalue weighted by Crippen LogP contribution is -2.27. The van der Waals surface area contributed by atoms with Gasteiger partial charge in [0.05, 0.1) is 12.0 Å². The maximum Gasteiger partial charge on any atom is 0.389 e. The van der Waals surface area contributed by atoms with Crippen LogP contribution in [-0.4, -0.2) is 29.7 Å². The normalized spacial score (nSPS) is 11.2. The molecule has 0 spiro atoms. The summed E-state index contributed by atoms with van der Waals surface area (Å²) in [7, 11) is 0. The first-order valence-corrected chi connectivity index (χ1v) is 5.93. The molecule has 110 valence electrons. The lowest BCUT2D eigenvalue weighted by Gasteiger charge is -2.08. The Hall–Kier alpha value is -2.05. The third kappa shape index (κ3) is 6.21. The largest absolute Gasteiger partial charge is 0.478 e. The van der Waals surface area contributed by atoms with Crippen molar-refractivity contribution in [2.45, 2.75) is 25.4 Å². The highest BCUT2D eigenvalue weighted by Crippen LogP contribution is 2.20. The summed E-state index contributed by atoms with van der Waals surface area (Å²) in [5, 5.41) is 11.2. The number of aromatic carboxylic acids is 1. The van der Waals surface area contributed by atoms with Gasteiger partial charge < -0.3 is 10.4 Å². The number of nitrogens with one attached hydrogen (secondary N) is 1. The molecule has 7 heteroatoms. The van der Waals surface area contributed by atoms with Crippen LogP contribution in [-0.2, 0) is 11.2 Å². The topological polar surface area (TPSA) is 66.4 Å². The van der Waals surface area contributed by atoms with E-state index >= 15 is 0 Å². The molecule has 0 aliphatic heterocycles. The molecule has 0 aliphatic rings. The van der Waals surface area contributed by atoms with Crippen LogP contribution in [0.1, 0.15) is 28.8 Å². The molecule has 0 saturated heterocycles. The number of carboxylic acid groups (broad SMARTS) is 1. The molecule has 0 aliphatic carbocycles. The van der Waals surface area contributed by atoms with Crippen LogP contribution in [0.25, 0.3) is 0 Å². The molecule has 0 saturated carbocycles. The molecule has 2 N–H and O–H groups in total. The average Bonchev–Trinajstić information content (AvgIpc) is 2.34. The number of benzene rings is 1. The highest BCUT2D eigenvalue weighted by molar-refractivity contribution is 5.88. The van der Waals surface area contributed by atoms with E-state index in [1.54, 1.807) is 6.07 Å². The number of carbonyl (C=O) groups is 2. The lowest BCUT2D eigenvalue weighted by molar-refractivity contribution is -0.136. The summed E-state index contributed by atoms with van der Waals surface area (Å²) < 4.78 is 35.6. The van der Waals surface area contributed by atoms with Crippen LogP contribution >= 0.6 is 0 Å². The van der Waals surface area contributed by atoms with Crippen molar-refractivity contribution in [1.82, 2.24) is 5.32 Å².